The van der Waals surface area contributed by atoms with E-state index in [9.17, 15) is 4.79 Å². The minimum absolute atomic E-state index is 0.0193. The molecule has 2 aliphatic rings. The van der Waals surface area contributed by atoms with E-state index in [1.54, 1.807) is 0 Å². The molecule has 1 amide bonds. The Labute approximate surface area is 126 Å². The Balaban J connectivity index is 1.86. The average molecular weight is 288 g/mol. The van der Waals surface area contributed by atoms with E-state index in [-0.39, 0.29) is 24.2 Å². The molecule has 4 heteroatoms. The van der Waals surface area contributed by atoms with Gasteiger partial charge in [-0.15, -0.1) is 0 Å². The van der Waals surface area contributed by atoms with Crippen molar-refractivity contribution < 1.29 is 9.53 Å². The zero-order valence-corrected chi connectivity index (χ0v) is 12.8. The SMILES string of the molecule is CC(C)CC1NC(c2ccccc2)N(C2CCOC2)C1=O. The molecule has 21 heavy (non-hydrogen) atoms. The molecule has 3 atom stereocenters. The van der Waals surface area contributed by atoms with E-state index in [2.05, 4.69) is 31.3 Å². The summed E-state index contributed by atoms with van der Waals surface area (Å²) in [5.74, 6) is 0.732. The van der Waals surface area contributed by atoms with Crippen molar-refractivity contribution >= 4 is 5.91 Å². The van der Waals surface area contributed by atoms with Gasteiger partial charge in [0.2, 0.25) is 5.91 Å². The second-order valence-corrected chi connectivity index (χ2v) is 6.42. The van der Waals surface area contributed by atoms with Gasteiger partial charge in [0.25, 0.3) is 0 Å². The molecule has 0 bridgehead atoms. The van der Waals surface area contributed by atoms with Gasteiger partial charge in [0.15, 0.2) is 0 Å². The van der Waals surface area contributed by atoms with Gasteiger partial charge >= 0.3 is 0 Å². The molecule has 1 aromatic carbocycles. The number of amides is 1. The van der Waals surface area contributed by atoms with E-state index in [4.69, 9.17) is 4.74 Å². The fraction of sp³-hybridized carbons (Fsp3) is 0.588. The Morgan fingerprint density at radius 1 is 1.33 bits per heavy atom. The molecule has 114 valence electrons. The third-order valence-electron chi connectivity index (χ3n) is 4.31. The first-order valence-corrected chi connectivity index (χ1v) is 7.87. The molecule has 0 spiro atoms. The van der Waals surface area contributed by atoms with Crippen LogP contribution in [0.1, 0.15) is 38.4 Å². The van der Waals surface area contributed by atoms with Crippen LogP contribution < -0.4 is 5.32 Å². The molecule has 0 saturated carbocycles. The largest absolute Gasteiger partial charge is 0.379 e. The van der Waals surface area contributed by atoms with Gasteiger partial charge in [-0.3, -0.25) is 10.1 Å². The maximum atomic E-state index is 12.8. The molecular formula is C17H24N2O2. The number of carbonyl (C=O) groups excluding carboxylic acids is 1. The number of hydrogen-bond donors (Lipinski definition) is 1. The fourth-order valence-corrected chi connectivity index (χ4v) is 3.31. The van der Waals surface area contributed by atoms with E-state index in [0.29, 0.717) is 12.5 Å². The lowest BCUT2D eigenvalue weighted by atomic mass is 10.0. The van der Waals surface area contributed by atoms with Crippen LogP contribution in [0.15, 0.2) is 30.3 Å². The minimum Gasteiger partial charge on any atom is -0.379 e. The third kappa shape index (κ3) is 2.97. The molecule has 1 aromatic rings. The average Bonchev–Trinajstić information content (AvgIpc) is 3.08. The summed E-state index contributed by atoms with van der Waals surface area (Å²) in [6.07, 6.45) is 1.80. The molecule has 2 fully saturated rings. The number of benzene rings is 1. The number of nitrogens with zero attached hydrogens (tertiary/aromatic N) is 1. The monoisotopic (exact) mass is 288 g/mol. The van der Waals surface area contributed by atoms with Gasteiger partial charge in [-0.2, -0.15) is 0 Å². The number of hydrogen-bond acceptors (Lipinski definition) is 3. The van der Waals surface area contributed by atoms with Crippen LogP contribution in [0, 0.1) is 5.92 Å². The predicted molar refractivity (Wildman–Crippen MR) is 81.6 cm³/mol. The van der Waals surface area contributed by atoms with Crippen LogP contribution in [0.4, 0.5) is 0 Å². The highest BCUT2D eigenvalue weighted by Crippen LogP contribution is 2.32. The van der Waals surface area contributed by atoms with Crippen LogP contribution in [0.2, 0.25) is 0 Å². The van der Waals surface area contributed by atoms with E-state index < -0.39 is 0 Å². The van der Waals surface area contributed by atoms with E-state index >= 15 is 0 Å². The second kappa shape index (κ2) is 6.16. The van der Waals surface area contributed by atoms with Crippen molar-refractivity contribution in [1.29, 1.82) is 0 Å². The van der Waals surface area contributed by atoms with Crippen molar-refractivity contribution in [3.05, 3.63) is 35.9 Å². The Kier molecular flexibility index (Phi) is 4.27. The lowest BCUT2D eigenvalue weighted by molar-refractivity contribution is -0.132. The fourth-order valence-electron chi connectivity index (χ4n) is 3.31. The molecule has 3 unspecified atom stereocenters. The van der Waals surface area contributed by atoms with Crippen LogP contribution in [0.3, 0.4) is 0 Å². The van der Waals surface area contributed by atoms with Crippen molar-refractivity contribution in [2.45, 2.75) is 44.9 Å². The lowest BCUT2D eigenvalue weighted by Crippen LogP contribution is -2.40. The summed E-state index contributed by atoms with van der Waals surface area (Å²) in [5.41, 5.74) is 1.16. The molecule has 2 heterocycles. The van der Waals surface area contributed by atoms with Crippen LogP contribution in [-0.4, -0.2) is 36.1 Å². The van der Waals surface area contributed by atoms with Crippen molar-refractivity contribution in [3.63, 3.8) is 0 Å². The van der Waals surface area contributed by atoms with Gasteiger partial charge in [-0.1, -0.05) is 44.2 Å². The maximum Gasteiger partial charge on any atom is 0.241 e. The van der Waals surface area contributed by atoms with Crippen molar-refractivity contribution in [3.8, 4) is 0 Å². The Morgan fingerprint density at radius 2 is 2.10 bits per heavy atom. The number of ether oxygens (including phenoxy) is 1. The molecular weight excluding hydrogens is 264 g/mol. The number of nitrogens with one attached hydrogen (secondary N) is 1. The van der Waals surface area contributed by atoms with E-state index in [1.807, 2.05) is 23.1 Å². The van der Waals surface area contributed by atoms with Gasteiger partial charge in [-0.25, -0.2) is 0 Å². The van der Waals surface area contributed by atoms with Crippen LogP contribution >= 0.6 is 0 Å². The Morgan fingerprint density at radius 3 is 2.71 bits per heavy atom. The maximum absolute atomic E-state index is 12.8. The number of carbonyl (C=O) groups is 1. The summed E-state index contributed by atoms with van der Waals surface area (Å²) in [5, 5.41) is 3.54. The van der Waals surface area contributed by atoms with E-state index in [1.165, 1.54) is 0 Å². The molecule has 2 saturated heterocycles. The van der Waals surface area contributed by atoms with E-state index in [0.717, 1.165) is 25.0 Å². The summed E-state index contributed by atoms with van der Waals surface area (Å²) in [6, 6.07) is 10.4. The van der Waals surface area contributed by atoms with Gasteiger partial charge in [0.1, 0.15) is 6.17 Å². The van der Waals surface area contributed by atoms with Crippen molar-refractivity contribution in [2.24, 2.45) is 5.92 Å². The molecule has 0 radical (unpaired) electrons. The molecule has 1 N–H and O–H groups in total. The summed E-state index contributed by atoms with van der Waals surface area (Å²) >= 11 is 0. The van der Waals surface area contributed by atoms with Crippen molar-refractivity contribution in [2.75, 3.05) is 13.2 Å². The topological polar surface area (TPSA) is 41.6 Å². The summed E-state index contributed by atoms with van der Waals surface area (Å²) in [4.78, 5) is 14.8. The molecule has 4 nitrogen and oxygen atoms in total. The molecule has 0 aromatic heterocycles. The van der Waals surface area contributed by atoms with Crippen LogP contribution in [0.25, 0.3) is 0 Å². The lowest BCUT2D eigenvalue weighted by Gasteiger charge is -2.29. The van der Waals surface area contributed by atoms with Crippen LogP contribution in [0.5, 0.6) is 0 Å². The highest BCUT2D eigenvalue weighted by Gasteiger charge is 2.43. The normalized spacial score (nSPS) is 29.6. The zero-order chi connectivity index (χ0) is 14.8. The summed E-state index contributed by atoms with van der Waals surface area (Å²) < 4.78 is 5.50. The first-order valence-electron chi connectivity index (χ1n) is 7.87. The summed E-state index contributed by atoms with van der Waals surface area (Å²) in [7, 11) is 0. The van der Waals surface area contributed by atoms with Crippen LogP contribution in [-0.2, 0) is 9.53 Å². The number of rotatable bonds is 4. The Hall–Kier alpha value is -1.39. The van der Waals surface area contributed by atoms with Gasteiger partial charge in [0.05, 0.1) is 18.7 Å². The summed E-state index contributed by atoms with van der Waals surface area (Å²) in [6.45, 7) is 5.73. The molecule has 0 aliphatic carbocycles. The second-order valence-electron chi connectivity index (χ2n) is 6.42. The highest BCUT2D eigenvalue weighted by molar-refractivity contribution is 5.85. The molecule has 3 rings (SSSR count). The standard InChI is InChI=1S/C17H24N2O2/c1-12(2)10-15-17(20)19(14-8-9-21-11-14)16(18-15)13-6-4-3-5-7-13/h3-7,12,14-16,18H,8-11H2,1-2H3. The quantitative estimate of drug-likeness (QED) is 0.924. The van der Waals surface area contributed by atoms with Gasteiger partial charge in [0, 0.05) is 6.61 Å². The van der Waals surface area contributed by atoms with Crippen molar-refractivity contribution in [1.82, 2.24) is 10.2 Å². The predicted octanol–water partition coefficient (Wildman–Crippen LogP) is 2.32. The highest BCUT2D eigenvalue weighted by atomic mass is 16.5. The first kappa shape index (κ1) is 14.5. The third-order valence-corrected chi connectivity index (χ3v) is 4.31. The van der Waals surface area contributed by atoms with Gasteiger partial charge < -0.3 is 9.64 Å². The smallest absolute Gasteiger partial charge is 0.241 e. The Bertz CT molecular complexity index is 483. The zero-order valence-electron chi connectivity index (χ0n) is 12.8. The van der Waals surface area contributed by atoms with Gasteiger partial charge in [-0.05, 0) is 24.3 Å². The minimum atomic E-state index is -0.0733. The molecule has 2 aliphatic heterocycles. The first-order chi connectivity index (χ1) is 10.2.